The lowest BCUT2D eigenvalue weighted by Crippen LogP contribution is -2.36. The monoisotopic (exact) mass is 187 g/mol. The maximum Gasteiger partial charge on any atom is 0.0991 e. The van der Waals surface area contributed by atoms with Gasteiger partial charge in [-0.05, 0) is 37.1 Å². The lowest BCUT2D eigenvalue weighted by atomic mass is 10.2. The van der Waals surface area contributed by atoms with Crippen molar-refractivity contribution < 1.29 is 0 Å². The molecular weight excluding hydrogens is 174 g/mol. The first kappa shape index (κ1) is 9.04. The highest BCUT2D eigenvalue weighted by atomic mass is 15.2. The van der Waals surface area contributed by atoms with E-state index in [0.717, 1.165) is 25.1 Å². The van der Waals surface area contributed by atoms with Gasteiger partial charge in [-0.2, -0.15) is 5.26 Å². The second-order valence-corrected chi connectivity index (χ2v) is 3.56. The number of hydrogen-bond acceptors (Lipinski definition) is 3. The summed E-state index contributed by atoms with van der Waals surface area (Å²) < 4.78 is 0. The standard InChI is InChI=1S/C11H13N3/c12-8-9-3-5-10(6-4-9)14-7-1-2-11(14)13/h3-6,11H,1-2,7,13H2. The minimum atomic E-state index is 0.142. The molecule has 2 N–H and O–H groups in total. The van der Waals surface area contributed by atoms with Gasteiger partial charge in [0.25, 0.3) is 0 Å². The molecule has 1 aromatic rings. The van der Waals surface area contributed by atoms with Crippen molar-refractivity contribution in [3.63, 3.8) is 0 Å². The third-order valence-corrected chi connectivity index (χ3v) is 2.63. The van der Waals surface area contributed by atoms with Crippen molar-refractivity contribution in [2.24, 2.45) is 5.73 Å². The Labute approximate surface area is 83.7 Å². The van der Waals surface area contributed by atoms with Crippen LogP contribution in [0.4, 0.5) is 5.69 Å². The van der Waals surface area contributed by atoms with Gasteiger partial charge < -0.3 is 10.6 Å². The van der Waals surface area contributed by atoms with E-state index in [-0.39, 0.29) is 6.17 Å². The van der Waals surface area contributed by atoms with Crippen molar-refractivity contribution in [1.82, 2.24) is 0 Å². The quantitative estimate of drug-likeness (QED) is 0.723. The fourth-order valence-corrected chi connectivity index (χ4v) is 1.84. The molecule has 0 spiro atoms. The van der Waals surface area contributed by atoms with Crippen LogP contribution in [0, 0.1) is 11.3 Å². The molecule has 0 saturated carbocycles. The van der Waals surface area contributed by atoms with Gasteiger partial charge in [0.2, 0.25) is 0 Å². The lowest BCUT2D eigenvalue weighted by Gasteiger charge is -2.23. The average molecular weight is 187 g/mol. The van der Waals surface area contributed by atoms with Gasteiger partial charge in [-0.15, -0.1) is 0 Å². The Bertz CT molecular complexity index is 350. The highest BCUT2D eigenvalue weighted by Gasteiger charge is 2.20. The Hall–Kier alpha value is -1.53. The summed E-state index contributed by atoms with van der Waals surface area (Å²) in [5.74, 6) is 0. The van der Waals surface area contributed by atoms with E-state index in [0.29, 0.717) is 5.56 Å². The molecule has 1 atom stereocenters. The van der Waals surface area contributed by atoms with E-state index < -0.39 is 0 Å². The van der Waals surface area contributed by atoms with Crippen LogP contribution in [-0.4, -0.2) is 12.7 Å². The van der Waals surface area contributed by atoms with E-state index in [1.54, 1.807) is 0 Å². The maximum absolute atomic E-state index is 8.66. The molecule has 3 nitrogen and oxygen atoms in total. The SMILES string of the molecule is N#Cc1ccc(N2CCCC2N)cc1. The normalized spacial score (nSPS) is 20.9. The van der Waals surface area contributed by atoms with Crippen molar-refractivity contribution in [3.8, 4) is 6.07 Å². The summed E-state index contributed by atoms with van der Waals surface area (Å²) in [5.41, 5.74) is 7.76. The van der Waals surface area contributed by atoms with Crippen LogP contribution in [0.25, 0.3) is 0 Å². The minimum Gasteiger partial charge on any atom is -0.356 e. The smallest absolute Gasteiger partial charge is 0.0991 e. The Balaban J connectivity index is 2.21. The molecule has 3 heteroatoms. The molecule has 1 aliphatic heterocycles. The van der Waals surface area contributed by atoms with E-state index in [4.69, 9.17) is 11.0 Å². The first-order valence-electron chi connectivity index (χ1n) is 4.83. The number of anilines is 1. The van der Waals surface area contributed by atoms with Gasteiger partial charge in [0.1, 0.15) is 0 Å². The second kappa shape index (κ2) is 3.69. The van der Waals surface area contributed by atoms with Crippen LogP contribution in [0.2, 0.25) is 0 Å². The van der Waals surface area contributed by atoms with Crippen molar-refractivity contribution in [3.05, 3.63) is 29.8 Å². The summed E-state index contributed by atoms with van der Waals surface area (Å²) in [6, 6.07) is 9.70. The van der Waals surface area contributed by atoms with Crippen LogP contribution in [0.3, 0.4) is 0 Å². The Morgan fingerprint density at radius 1 is 1.36 bits per heavy atom. The lowest BCUT2D eigenvalue weighted by molar-refractivity contribution is 0.701. The van der Waals surface area contributed by atoms with E-state index >= 15 is 0 Å². The van der Waals surface area contributed by atoms with Crippen molar-refractivity contribution >= 4 is 5.69 Å². The number of rotatable bonds is 1. The van der Waals surface area contributed by atoms with Gasteiger partial charge in [0, 0.05) is 12.2 Å². The fraction of sp³-hybridized carbons (Fsp3) is 0.364. The molecule has 72 valence electrons. The van der Waals surface area contributed by atoms with Crippen molar-refractivity contribution in [1.29, 1.82) is 5.26 Å². The summed E-state index contributed by atoms with van der Waals surface area (Å²) in [7, 11) is 0. The molecule has 0 aliphatic carbocycles. The highest BCUT2D eigenvalue weighted by Crippen LogP contribution is 2.22. The zero-order valence-electron chi connectivity index (χ0n) is 7.98. The maximum atomic E-state index is 8.66. The number of benzene rings is 1. The molecule has 1 heterocycles. The van der Waals surface area contributed by atoms with Crippen molar-refractivity contribution in [2.45, 2.75) is 19.0 Å². The molecule has 0 amide bonds. The zero-order chi connectivity index (χ0) is 9.97. The molecule has 0 radical (unpaired) electrons. The van der Waals surface area contributed by atoms with Gasteiger partial charge in [-0.1, -0.05) is 0 Å². The van der Waals surface area contributed by atoms with Crippen LogP contribution < -0.4 is 10.6 Å². The summed E-state index contributed by atoms with van der Waals surface area (Å²) in [6.07, 6.45) is 2.35. The third-order valence-electron chi connectivity index (χ3n) is 2.63. The average Bonchev–Trinajstić information content (AvgIpc) is 2.65. The van der Waals surface area contributed by atoms with E-state index in [2.05, 4.69) is 11.0 Å². The predicted octanol–water partition coefficient (Wildman–Crippen LogP) is 1.44. The van der Waals surface area contributed by atoms with Gasteiger partial charge in [0.15, 0.2) is 0 Å². The van der Waals surface area contributed by atoms with Crippen molar-refractivity contribution in [2.75, 3.05) is 11.4 Å². The summed E-state index contributed by atoms with van der Waals surface area (Å²) >= 11 is 0. The Kier molecular flexibility index (Phi) is 2.38. The number of nitrogens with two attached hydrogens (primary N) is 1. The van der Waals surface area contributed by atoms with Gasteiger partial charge >= 0.3 is 0 Å². The minimum absolute atomic E-state index is 0.142. The highest BCUT2D eigenvalue weighted by molar-refractivity contribution is 5.50. The largest absolute Gasteiger partial charge is 0.356 e. The number of nitrogens with zero attached hydrogens (tertiary/aromatic N) is 2. The molecule has 2 rings (SSSR count). The molecule has 1 saturated heterocycles. The van der Waals surface area contributed by atoms with Crippen LogP contribution in [0.5, 0.6) is 0 Å². The van der Waals surface area contributed by atoms with Gasteiger partial charge in [-0.3, -0.25) is 0 Å². The van der Waals surface area contributed by atoms with E-state index in [1.807, 2.05) is 24.3 Å². The molecule has 0 aromatic heterocycles. The topological polar surface area (TPSA) is 53.0 Å². The molecule has 14 heavy (non-hydrogen) atoms. The molecule has 1 unspecified atom stereocenters. The summed E-state index contributed by atoms with van der Waals surface area (Å²) in [6.45, 7) is 1.02. The first-order chi connectivity index (χ1) is 6.81. The fourth-order valence-electron chi connectivity index (χ4n) is 1.84. The molecule has 1 fully saturated rings. The predicted molar refractivity (Wildman–Crippen MR) is 55.7 cm³/mol. The first-order valence-corrected chi connectivity index (χ1v) is 4.83. The number of hydrogen-bond donors (Lipinski definition) is 1. The van der Waals surface area contributed by atoms with Crippen LogP contribution in [0.1, 0.15) is 18.4 Å². The molecular formula is C11H13N3. The summed E-state index contributed by atoms with van der Waals surface area (Å²) in [5, 5.41) is 8.66. The van der Waals surface area contributed by atoms with Gasteiger partial charge in [-0.25, -0.2) is 0 Å². The number of nitriles is 1. The molecule has 1 aromatic carbocycles. The van der Waals surface area contributed by atoms with Crippen LogP contribution in [-0.2, 0) is 0 Å². The van der Waals surface area contributed by atoms with Crippen LogP contribution in [0.15, 0.2) is 24.3 Å². The Morgan fingerprint density at radius 2 is 2.07 bits per heavy atom. The molecule has 0 bridgehead atoms. The van der Waals surface area contributed by atoms with Gasteiger partial charge in [0.05, 0.1) is 17.8 Å². The Morgan fingerprint density at radius 3 is 2.57 bits per heavy atom. The second-order valence-electron chi connectivity index (χ2n) is 3.56. The third kappa shape index (κ3) is 1.57. The van der Waals surface area contributed by atoms with E-state index in [9.17, 15) is 0 Å². The molecule has 1 aliphatic rings. The zero-order valence-corrected chi connectivity index (χ0v) is 7.98. The van der Waals surface area contributed by atoms with E-state index in [1.165, 1.54) is 0 Å². The summed E-state index contributed by atoms with van der Waals surface area (Å²) in [4.78, 5) is 2.18. The van der Waals surface area contributed by atoms with Crippen LogP contribution >= 0.6 is 0 Å².